The van der Waals surface area contributed by atoms with Crippen LogP contribution >= 0.6 is 0 Å². The standard InChI is InChI=1S/C30H57BO3Si3/c1-35(2,25-22-28-16-10-7-11-17-28)32-31(33-36(3,4)26-23-29-18-12-8-13-19-29)34-37(5,6)27-24-30-20-14-9-15-21-30/h16,18,20H,7-15,17,19,21-27H2,1-6H3. The summed E-state index contributed by atoms with van der Waals surface area (Å²) < 4.78 is 20.7. The Labute approximate surface area is 233 Å². The topological polar surface area (TPSA) is 27.7 Å². The minimum absolute atomic E-state index is 0.481. The summed E-state index contributed by atoms with van der Waals surface area (Å²) >= 11 is 0. The second-order valence-electron chi connectivity index (χ2n) is 13.7. The van der Waals surface area contributed by atoms with E-state index in [4.69, 9.17) is 13.0 Å². The molecule has 3 aliphatic rings. The van der Waals surface area contributed by atoms with E-state index in [9.17, 15) is 0 Å². The van der Waals surface area contributed by atoms with E-state index in [1.165, 1.54) is 96.3 Å². The first-order valence-electron chi connectivity index (χ1n) is 15.6. The molecule has 3 nitrogen and oxygen atoms in total. The van der Waals surface area contributed by atoms with Crippen LogP contribution in [0.3, 0.4) is 0 Å². The maximum atomic E-state index is 6.89. The molecule has 3 aliphatic carbocycles. The number of hydrogen-bond acceptors (Lipinski definition) is 3. The number of hydrogen-bond donors (Lipinski definition) is 0. The maximum Gasteiger partial charge on any atom is 0.606 e. The molecule has 0 aromatic rings. The molecule has 0 aliphatic heterocycles. The van der Waals surface area contributed by atoms with Crippen LogP contribution in [-0.4, -0.2) is 32.3 Å². The van der Waals surface area contributed by atoms with Crippen molar-refractivity contribution in [3.05, 3.63) is 34.9 Å². The second-order valence-corrected chi connectivity index (χ2v) is 26.5. The zero-order chi connectivity index (χ0) is 26.8. The summed E-state index contributed by atoms with van der Waals surface area (Å²) in [7, 11) is -6.27. The smallest absolute Gasteiger partial charge is 0.429 e. The van der Waals surface area contributed by atoms with E-state index in [-0.39, 0.29) is 0 Å². The number of rotatable bonds is 15. The minimum Gasteiger partial charge on any atom is -0.429 e. The Bertz CT molecular complexity index is 699. The van der Waals surface area contributed by atoms with Crippen LogP contribution in [0.1, 0.15) is 96.3 Å². The fraction of sp³-hybridized carbons (Fsp3) is 0.800. The first-order chi connectivity index (χ1) is 17.5. The Morgan fingerprint density at radius 1 is 0.514 bits per heavy atom. The highest BCUT2D eigenvalue weighted by atomic mass is 28.4. The monoisotopic (exact) mass is 560 g/mol. The molecule has 0 spiro atoms. The van der Waals surface area contributed by atoms with Gasteiger partial charge in [0.05, 0.1) is 0 Å². The third-order valence-electron chi connectivity index (χ3n) is 8.55. The van der Waals surface area contributed by atoms with E-state index in [1.54, 1.807) is 16.7 Å². The van der Waals surface area contributed by atoms with Gasteiger partial charge in [-0.05, 0) is 154 Å². The van der Waals surface area contributed by atoms with Gasteiger partial charge in [-0.25, -0.2) is 0 Å². The van der Waals surface area contributed by atoms with Crippen molar-refractivity contribution in [1.82, 2.24) is 0 Å². The van der Waals surface area contributed by atoms with E-state index in [1.807, 2.05) is 0 Å². The van der Waals surface area contributed by atoms with Crippen LogP contribution in [0.25, 0.3) is 0 Å². The quantitative estimate of drug-likeness (QED) is 0.147. The molecule has 0 aromatic carbocycles. The van der Waals surface area contributed by atoms with Gasteiger partial charge in [-0.2, -0.15) is 0 Å². The van der Waals surface area contributed by atoms with Crippen molar-refractivity contribution >= 4 is 32.3 Å². The summed E-state index contributed by atoms with van der Waals surface area (Å²) in [6.45, 7) is 14.2. The first-order valence-corrected chi connectivity index (χ1v) is 24.9. The van der Waals surface area contributed by atoms with Crippen molar-refractivity contribution in [2.45, 2.75) is 154 Å². The first kappa shape index (κ1) is 31.3. The SMILES string of the molecule is C[Si](C)(CCC1=CCCCC1)OB(O[Si](C)(C)CCC1=CCCCC1)O[Si](C)(C)CCC1=CCCCC1. The third kappa shape index (κ3) is 12.7. The summed E-state index contributed by atoms with van der Waals surface area (Å²) in [5.41, 5.74) is 4.96. The molecular formula is C30H57BO3Si3. The minimum atomic E-state index is -1.93. The van der Waals surface area contributed by atoms with Gasteiger partial charge in [-0.1, -0.05) is 34.9 Å². The van der Waals surface area contributed by atoms with Crippen LogP contribution in [0, 0.1) is 0 Å². The van der Waals surface area contributed by atoms with E-state index in [0.29, 0.717) is 0 Å². The molecular weight excluding hydrogens is 503 g/mol. The lowest BCUT2D eigenvalue weighted by Crippen LogP contribution is -2.51. The summed E-state index contributed by atoms with van der Waals surface area (Å²) in [6.07, 6.45) is 26.8. The highest BCUT2D eigenvalue weighted by Gasteiger charge is 2.41. The van der Waals surface area contributed by atoms with Crippen LogP contribution in [0.5, 0.6) is 0 Å². The molecule has 0 heterocycles. The van der Waals surface area contributed by atoms with Crippen molar-refractivity contribution in [3.63, 3.8) is 0 Å². The molecule has 37 heavy (non-hydrogen) atoms. The Kier molecular flexibility index (Phi) is 12.7. The Morgan fingerprint density at radius 3 is 1.05 bits per heavy atom. The molecule has 0 aromatic heterocycles. The van der Waals surface area contributed by atoms with Crippen LogP contribution in [0.2, 0.25) is 57.4 Å². The molecule has 7 heteroatoms. The zero-order valence-corrected chi connectivity index (χ0v) is 28.3. The normalized spacial score (nSPS) is 19.8. The molecule has 0 saturated carbocycles. The summed E-state index contributed by atoms with van der Waals surface area (Å²) in [5.74, 6) is 0. The molecule has 210 valence electrons. The van der Waals surface area contributed by atoms with Crippen molar-refractivity contribution < 1.29 is 13.0 Å². The summed E-state index contributed by atoms with van der Waals surface area (Å²) in [5, 5.41) is 0. The molecule has 0 N–H and O–H groups in total. The van der Waals surface area contributed by atoms with Gasteiger partial charge in [0.1, 0.15) is 0 Å². The Morgan fingerprint density at radius 2 is 0.811 bits per heavy atom. The van der Waals surface area contributed by atoms with Gasteiger partial charge in [-0.3, -0.25) is 0 Å². The molecule has 0 unspecified atom stereocenters. The van der Waals surface area contributed by atoms with E-state index in [0.717, 1.165) is 18.1 Å². The van der Waals surface area contributed by atoms with Gasteiger partial charge in [0, 0.05) is 0 Å². The summed E-state index contributed by atoms with van der Waals surface area (Å²) in [6, 6.07) is 3.48. The van der Waals surface area contributed by atoms with Crippen molar-refractivity contribution in [2.24, 2.45) is 0 Å². The summed E-state index contributed by atoms with van der Waals surface area (Å²) in [4.78, 5) is 0. The van der Waals surface area contributed by atoms with Crippen LogP contribution < -0.4 is 0 Å². The lowest BCUT2D eigenvalue weighted by atomic mass is 9.98. The number of allylic oxidation sites excluding steroid dienone is 6. The Balaban J connectivity index is 1.62. The average Bonchev–Trinajstić information content (AvgIpc) is 2.86. The molecule has 0 saturated heterocycles. The molecule has 0 bridgehead atoms. The van der Waals surface area contributed by atoms with Crippen LogP contribution in [0.4, 0.5) is 0 Å². The predicted octanol–water partition coefficient (Wildman–Crippen LogP) is 10.3. The fourth-order valence-electron chi connectivity index (χ4n) is 5.81. The molecule has 3 rings (SSSR count). The van der Waals surface area contributed by atoms with E-state index >= 15 is 0 Å². The lowest BCUT2D eigenvalue weighted by molar-refractivity contribution is 0.293. The average molecular weight is 561 g/mol. The van der Waals surface area contributed by atoms with E-state index in [2.05, 4.69) is 57.5 Å². The van der Waals surface area contributed by atoms with E-state index < -0.39 is 32.3 Å². The molecule has 0 atom stereocenters. The maximum absolute atomic E-state index is 6.89. The van der Waals surface area contributed by atoms with Crippen molar-refractivity contribution in [3.8, 4) is 0 Å². The second kappa shape index (κ2) is 15.0. The third-order valence-corrected chi connectivity index (χ3v) is 15.4. The van der Waals surface area contributed by atoms with Crippen molar-refractivity contribution in [2.75, 3.05) is 0 Å². The lowest BCUT2D eigenvalue weighted by Gasteiger charge is -2.36. The van der Waals surface area contributed by atoms with Gasteiger partial charge in [0.25, 0.3) is 0 Å². The predicted molar refractivity (Wildman–Crippen MR) is 169 cm³/mol. The Hall–Kier alpha value is -0.184. The zero-order valence-electron chi connectivity index (χ0n) is 25.3. The van der Waals surface area contributed by atoms with Gasteiger partial charge in [-0.15, -0.1) is 0 Å². The van der Waals surface area contributed by atoms with Gasteiger partial charge >= 0.3 is 7.32 Å². The largest absolute Gasteiger partial charge is 0.606 e. The highest BCUT2D eigenvalue weighted by Crippen LogP contribution is 2.31. The highest BCUT2D eigenvalue weighted by molar-refractivity contribution is 6.84. The molecule has 0 amide bonds. The van der Waals surface area contributed by atoms with Gasteiger partial charge in [0.2, 0.25) is 0 Å². The van der Waals surface area contributed by atoms with Crippen molar-refractivity contribution in [1.29, 1.82) is 0 Å². The van der Waals surface area contributed by atoms with Crippen LogP contribution in [0.15, 0.2) is 34.9 Å². The van der Waals surface area contributed by atoms with Gasteiger partial charge < -0.3 is 13.0 Å². The van der Waals surface area contributed by atoms with Crippen LogP contribution in [-0.2, 0) is 13.0 Å². The molecule has 0 radical (unpaired) electrons. The fourth-order valence-corrected chi connectivity index (χ4v) is 11.1. The molecule has 0 fully saturated rings. The van der Waals surface area contributed by atoms with Gasteiger partial charge in [0.15, 0.2) is 25.0 Å².